The summed E-state index contributed by atoms with van der Waals surface area (Å²) in [6.07, 6.45) is 10.6. The summed E-state index contributed by atoms with van der Waals surface area (Å²) >= 11 is 0. The van der Waals surface area contributed by atoms with Crippen LogP contribution in [0.5, 0.6) is 0 Å². The highest BCUT2D eigenvalue weighted by molar-refractivity contribution is 5.68. The second-order valence-corrected chi connectivity index (χ2v) is 6.64. The second-order valence-electron chi connectivity index (χ2n) is 6.64. The van der Waals surface area contributed by atoms with E-state index >= 15 is 0 Å². The maximum absolute atomic E-state index is 11.0. The molecule has 1 saturated heterocycles. The molecule has 3 nitrogen and oxygen atoms in total. The van der Waals surface area contributed by atoms with Crippen LogP contribution in [0.25, 0.3) is 0 Å². The van der Waals surface area contributed by atoms with Gasteiger partial charge in [0.2, 0.25) is 0 Å². The molecule has 0 radical (unpaired) electrons. The predicted octanol–water partition coefficient (Wildman–Crippen LogP) is 4.01. The minimum absolute atomic E-state index is 0.0721. The van der Waals surface area contributed by atoms with Gasteiger partial charge in [0.05, 0.1) is 7.11 Å². The van der Waals surface area contributed by atoms with Gasteiger partial charge in [0, 0.05) is 13.0 Å². The lowest BCUT2D eigenvalue weighted by atomic mass is 9.79. The van der Waals surface area contributed by atoms with E-state index in [1.165, 1.54) is 65.3 Å². The average Bonchev–Trinajstić information content (AvgIpc) is 2.46. The normalized spacial score (nSPS) is 23.8. The number of hydrogen-bond acceptors (Lipinski definition) is 3. The predicted molar refractivity (Wildman–Crippen MR) is 83.8 cm³/mol. The third-order valence-corrected chi connectivity index (χ3v) is 4.80. The van der Waals surface area contributed by atoms with Crippen LogP contribution in [0.15, 0.2) is 0 Å². The van der Waals surface area contributed by atoms with Crippen molar-refractivity contribution in [1.82, 2.24) is 4.90 Å². The number of carbonyl (C=O) groups is 1. The molecule has 1 aliphatic rings. The molecular formula is C17H33NO2. The van der Waals surface area contributed by atoms with E-state index < -0.39 is 0 Å². The number of hydrogen-bond donors (Lipinski definition) is 0. The minimum atomic E-state index is -0.0721. The quantitative estimate of drug-likeness (QED) is 0.473. The van der Waals surface area contributed by atoms with Crippen LogP contribution < -0.4 is 0 Å². The number of ether oxygens (including phenoxy) is 1. The zero-order chi connectivity index (χ0) is 14.8. The van der Waals surface area contributed by atoms with Crippen molar-refractivity contribution < 1.29 is 9.53 Å². The van der Waals surface area contributed by atoms with Crippen molar-refractivity contribution in [1.29, 1.82) is 0 Å². The van der Waals surface area contributed by atoms with Gasteiger partial charge in [-0.3, -0.25) is 4.79 Å². The van der Waals surface area contributed by atoms with Gasteiger partial charge in [-0.25, -0.2) is 0 Å². The molecule has 1 aliphatic heterocycles. The van der Waals surface area contributed by atoms with Crippen molar-refractivity contribution >= 4 is 5.97 Å². The number of nitrogens with zero attached hydrogens (tertiary/aromatic N) is 1. The van der Waals surface area contributed by atoms with Gasteiger partial charge >= 0.3 is 5.97 Å². The summed E-state index contributed by atoms with van der Waals surface area (Å²) < 4.78 is 4.64. The molecule has 0 aliphatic carbocycles. The lowest BCUT2D eigenvalue weighted by molar-refractivity contribution is -0.140. The standard InChI is InChI=1S/C17H33NO2/c1-4-17(2)12-10-14-18(15-17)13-9-7-5-6-8-11-16(19)20-3/h4-15H2,1-3H3. The molecule has 1 heterocycles. The van der Waals surface area contributed by atoms with Crippen LogP contribution >= 0.6 is 0 Å². The van der Waals surface area contributed by atoms with Gasteiger partial charge in [0.25, 0.3) is 0 Å². The first-order valence-electron chi connectivity index (χ1n) is 8.39. The molecule has 0 aromatic heterocycles. The van der Waals surface area contributed by atoms with Crippen LogP contribution in [0.1, 0.15) is 71.6 Å². The molecule has 3 heteroatoms. The molecule has 20 heavy (non-hydrogen) atoms. The van der Waals surface area contributed by atoms with Crippen LogP contribution in [0.4, 0.5) is 0 Å². The summed E-state index contributed by atoms with van der Waals surface area (Å²) in [6, 6.07) is 0. The molecule has 1 rings (SSSR count). The largest absolute Gasteiger partial charge is 0.469 e. The summed E-state index contributed by atoms with van der Waals surface area (Å²) in [6.45, 7) is 8.59. The van der Waals surface area contributed by atoms with Crippen LogP contribution in [0.3, 0.4) is 0 Å². The Morgan fingerprint density at radius 1 is 1.20 bits per heavy atom. The van der Waals surface area contributed by atoms with Gasteiger partial charge in [0.1, 0.15) is 0 Å². The highest BCUT2D eigenvalue weighted by Crippen LogP contribution is 2.32. The van der Waals surface area contributed by atoms with E-state index in [0.29, 0.717) is 11.8 Å². The van der Waals surface area contributed by atoms with Crippen molar-refractivity contribution in [3.05, 3.63) is 0 Å². The molecular weight excluding hydrogens is 250 g/mol. The smallest absolute Gasteiger partial charge is 0.305 e. The van der Waals surface area contributed by atoms with Gasteiger partial charge in [0.15, 0.2) is 0 Å². The fraction of sp³-hybridized carbons (Fsp3) is 0.941. The van der Waals surface area contributed by atoms with Gasteiger partial charge < -0.3 is 9.64 Å². The first kappa shape index (κ1) is 17.5. The molecule has 0 bridgehead atoms. The molecule has 0 aromatic carbocycles. The summed E-state index contributed by atoms with van der Waals surface area (Å²) in [5.74, 6) is -0.0721. The topological polar surface area (TPSA) is 29.5 Å². The molecule has 1 unspecified atom stereocenters. The zero-order valence-corrected chi connectivity index (χ0v) is 13.7. The third kappa shape index (κ3) is 6.74. The SMILES string of the molecule is CCC1(C)CCCN(CCCCCCCC(=O)OC)C1. The molecule has 0 spiro atoms. The summed E-state index contributed by atoms with van der Waals surface area (Å²) in [4.78, 5) is 13.6. The molecule has 0 amide bonds. The highest BCUT2D eigenvalue weighted by atomic mass is 16.5. The van der Waals surface area contributed by atoms with Crippen LogP contribution in [-0.4, -0.2) is 37.6 Å². The van der Waals surface area contributed by atoms with Crippen molar-refractivity contribution in [2.24, 2.45) is 5.41 Å². The molecule has 0 N–H and O–H groups in total. The van der Waals surface area contributed by atoms with E-state index in [1.54, 1.807) is 0 Å². The fourth-order valence-electron chi connectivity index (χ4n) is 3.14. The van der Waals surface area contributed by atoms with E-state index in [2.05, 4.69) is 23.5 Å². The Morgan fingerprint density at radius 3 is 2.60 bits per heavy atom. The molecule has 0 saturated carbocycles. The maximum atomic E-state index is 11.0. The van der Waals surface area contributed by atoms with Gasteiger partial charge in [-0.05, 0) is 50.6 Å². The molecule has 1 atom stereocenters. The maximum Gasteiger partial charge on any atom is 0.305 e. The summed E-state index contributed by atoms with van der Waals surface area (Å²) in [5, 5.41) is 0. The van der Waals surface area contributed by atoms with Gasteiger partial charge in [-0.15, -0.1) is 0 Å². The van der Waals surface area contributed by atoms with E-state index in [1.807, 2.05) is 0 Å². The molecule has 118 valence electrons. The monoisotopic (exact) mass is 283 g/mol. The molecule has 0 aromatic rings. The van der Waals surface area contributed by atoms with Crippen molar-refractivity contribution in [3.63, 3.8) is 0 Å². The Balaban J connectivity index is 2.00. The second kappa shape index (κ2) is 9.38. The minimum Gasteiger partial charge on any atom is -0.469 e. The van der Waals surface area contributed by atoms with E-state index in [9.17, 15) is 4.79 Å². The number of methoxy groups -OCH3 is 1. The van der Waals surface area contributed by atoms with Crippen molar-refractivity contribution in [3.8, 4) is 0 Å². The summed E-state index contributed by atoms with van der Waals surface area (Å²) in [5.41, 5.74) is 0.554. The number of esters is 1. The van der Waals surface area contributed by atoms with Crippen LogP contribution in [0.2, 0.25) is 0 Å². The highest BCUT2D eigenvalue weighted by Gasteiger charge is 2.28. The third-order valence-electron chi connectivity index (χ3n) is 4.80. The van der Waals surface area contributed by atoms with Crippen LogP contribution in [0, 0.1) is 5.41 Å². The van der Waals surface area contributed by atoms with Gasteiger partial charge in [-0.2, -0.15) is 0 Å². The van der Waals surface area contributed by atoms with Crippen molar-refractivity contribution in [2.75, 3.05) is 26.7 Å². The van der Waals surface area contributed by atoms with Gasteiger partial charge in [-0.1, -0.05) is 33.1 Å². The Morgan fingerprint density at radius 2 is 1.90 bits per heavy atom. The number of piperidine rings is 1. The van der Waals surface area contributed by atoms with E-state index in [0.717, 1.165) is 12.8 Å². The number of rotatable bonds is 9. The van der Waals surface area contributed by atoms with Crippen LogP contribution in [-0.2, 0) is 9.53 Å². The zero-order valence-electron chi connectivity index (χ0n) is 13.7. The first-order valence-corrected chi connectivity index (χ1v) is 8.39. The fourth-order valence-corrected chi connectivity index (χ4v) is 3.14. The Kier molecular flexibility index (Phi) is 8.20. The average molecular weight is 283 g/mol. The summed E-state index contributed by atoms with van der Waals surface area (Å²) in [7, 11) is 1.46. The molecule has 1 fully saturated rings. The number of likely N-dealkylation sites (tertiary alicyclic amines) is 1. The van der Waals surface area contributed by atoms with E-state index in [4.69, 9.17) is 0 Å². The Bertz CT molecular complexity index is 280. The lowest BCUT2D eigenvalue weighted by Crippen LogP contribution is -2.41. The van der Waals surface area contributed by atoms with Crippen molar-refractivity contribution in [2.45, 2.75) is 71.6 Å². The lowest BCUT2D eigenvalue weighted by Gasteiger charge is -2.40. The Labute approximate surface area is 125 Å². The first-order chi connectivity index (χ1) is 9.59. The number of unbranched alkanes of at least 4 members (excludes halogenated alkanes) is 4. The van der Waals surface area contributed by atoms with E-state index in [-0.39, 0.29) is 5.97 Å². The number of carbonyl (C=O) groups excluding carboxylic acids is 1. The Hall–Kier alpha value is -0.570.